The smallest absolute Gasteiger partial charge is 0.220 e. The normalized spacial score (nSPS) is 28.9. The summed E-state index contributed by atoms with van der Waals surface area (Å²) in [4.78, 5) is 13.4. The minimum Gasteiger partial charge on any atom is -0.394 e. The van der Waals surface area contributed by atoms with Crippen LogP contribution in [0.2, 0.25) is 0 Å². The van der Waals surface area contributed by atoms with E-state index in [9.17, 15) is 61.0 Å². The number of ether oxygens (including phenoxy) is 6. The van der Waals surface area contributed by atoms with E-state index in [1.807, 2.05) is 6.08 Å². The zero-order valence-electron chi connectivity index (χ0n) is 53.3. The predicted octanol–water partition coefficient (Wildman–Crippen LogP) is 8.66. The van der Waals surface area contributed by atoms with E-state index >= 15 is 0 Å². The van der Waals surface area contributed by atoms with Crippen LogP contribution in [0.25, 0.3) is 0 Å². The highest BCUT2D eigenvalue weighted by Crippen LogP contribution is 2.33. The first-order valence-electron chi connectivity index (χ1n) is 34.6. The molecule has 0 aromatic rings. The first-order valence-corrected chi connectivity index (χ1v) is 34.6. The van der Waals surface area contributed by atoms with Gasteiger partial charge >= 0.3 is 0 Å². The zero-order chi connectivity index (χ0) is 62.6. The molecular weight excluding hydrogens is 1110 g/mol. The molecule has 3 aliphatic heterocycles. The van der Waals surface area contributed by atoms with E-state index in [4.69, 9.17) is 28.4 Å². The molecule has 3 rings (SSSR count). The molecule has 0 radical (unpaired) electrons. The minimum absolute atomic E-state index is 0.245. The van der Waals surface area contributed by atoms with Gasteiger partial charge in [-0.2, -0.15) is 0 Å². The van der Waals surface area contributed by atoms with Crippen molar-refractivity contribution in [2.45, 2.75) is 369 Å². The van der Waals surface area contributed by atoms with Crippen molar-refractivity contribution in [3.05, 3.63) is 24.3 Å². The van der Waals surface area contributed by atoms with Gasteiger partial charge in [-0.15, -0.1) is 0 Å². The summed E-state index contributed by atoms with van der Waals surface area (Å²) >= 11 is 0. The van der Waals surface area contributed by atoms with Gasteiger partial charge in [-0.1, -0.05) is 237 Å². The van der Waals surface area contributed by atoms with Crippen LogP contribution in [0, 0.1) is 0 Å². The lowest BCUT2D eigenvalue weighted by Gasteiger charge is -2.48. The van der Waals surface area contributed by atoms with Crippen LogP contribution in [0.1, 0.15) is 264 Å². The average Bonchev–Trinajstić information content (AvgIpc) is 1.83. The van der Waals surface area contributed by atoms with Crippen molar-refractivity contribution in [2.24, 2.45) is 0 Å². The maximum atomic E-state index is 13.4. The highest BCUT2D eigenvalue weighted by atomic mass is 16.8. The van der Waals surface area contributed by atoms with Crippen LogP contribution >= 0.6 is 0 Å². The minimum atomic E-state index is -1.98. The molecule has 1 amide bonds. The number of hydrogen-bond donors (Lipinski definition) is 12. The highest BCUT2D eigenvalue weighted by molar-refractivity contribution is 5.76. The molecule has 12 N–H and O–H groups in total. The van der Waals surface area contributed by atoms with E-state index in [2.05, 4.69) is 31.3 Å². The van der Waals surface area contributed by atoms with Crippen LogP contribution in [0.4, 0.5) is 0 Å². The number of carbonyl (C=O) groups excluding carboxylic acids is 1. The molecule has 0 aliphatic carbocycles. The van der Waals surface area contributed by atoms with Gasteiger partial charge in [0.2, 0.25) is 5.91 Å². The highest BCUT2D eigenvalue weighted by Gasteiger charge is 2.53. The van der Waals surface area contributed by atoms with Crippen LogP contribution in [0.5, 0.6) is 0 Å². The van der Waals surface area contributed by atoms with Gasteiger partial charge < -0.3 is 89.9 Å². The molecule has 3 saturated heterocycles. The Morgan fingerprint density at radius 3 is 1.13 bits per heavy atom. The topological polar surface area (TPSA) is 307 Å². The first-order chi connectivity index (χ1) is 41.8. The maximum Gasteiger partial charge on any atom is 0.220 e. The number of allylic oxidation sites excluding steroid dienone is 3. The molecule has 0 spiro atoms. The van der Waals surface area contributed by atoms with Crippen molar-refractivity contribution in [1.82, 2.24) is 5.32 Å². The fourth-order valence-electron chi connectivity index (χ4n) is 11.8. The van der Waals surface area contributed by atoms with Crippen LogP contribution in [-0.2, 0) is 33.2 Å². The van der Waals surface area contributed by atoms with Gasteiger partial charge in [0, 0.05) is 6.42 Å². The lowest BCUT2D eigenvalue weighted by molar-refractivity contribution is -0.379. The van der Waals surface area contributed by atoms with Gasteiger partial charge in [-0.25, -0.2) is 0 Å². The van der Waals surface area contributed by atoms with E-state index in [1.165, 1.54) is 193 Å². The largest absolute Gasteiger partial charge is 0.394 e. The monoisotopic (exact) mass is 1230 g/mol. The van der Waals surface area contributed by atoms with E-state index in [0.29, 0.717) is 6.42 Å². The number of aliphatic hydroxyl groups is 11. The van der Waals surface area contributed by atoms with Crippen molar-refractivity contribution < 1.29 is 89.4 Å². The number of carbonyl (C=O) groups is 1. The Morgan fingerprint density at radius 1 is 0.407 bits per heavy atom. The van der Waals surface area contributed by atoms with E-state index in [0.717, 1.165) is 44.9 Å². The predicted molar refractivity (Wildman–Crippen MR) is 333 cm³/mol. The third-order valence-corrected chi connectivity index (χ3v) is 17.5. The Balaban J connectivity index is 1.45. The van der Waals surface area contributed by atoms with Gasteiger partial charge in [0.1, 0.15) is 73.2 Å². The van der Waals surface area contributed by atoms with Crippen LogP contribution in [-0.4, -0.2) is 193 Å². The molecule has 17 unspecified atom stereocenters. The lowest BCUT2D eigenvalue weighted by atomic mass is 9.96. The van der Waals surface area contributed by atoms with E-state index in [-0.39, 0.29) is 18.9 Å². The third-order valence-electron chi connectivity index (χ3n) is 17.5. The summed E-state index contributed by atoms with van der Waals surface area (Å²) in [5.74, 6) is -0.273. The van der Waals surface area contributed by atoms with E-state index in [1.54, 1.807) is 6.08 Å². The summed E-state index contributed by atoms with van der Waals surface area (Å²) < 4.78 is 34.3. The number of aliphatic hydroxyl groups excluding tert-OH is 11. The molecule has 86 heavy (non-hydrogen) atoms. The second-order valence-electron chi connectivity index (χ2n) is 25.0. The average molecular weight is 1230 g/mol. The fourth-order valence-corrected chi connectivity index (χ4v) is 11.8. The van der Waals surface area contributed by atoms with E-state index < -0.39 is 124 Å². The second-order valence-corrected chi connectivity index (χ2v) is 25.0. The molecule has 3 fully saturated rings. The first kappa shape index (κ1) is 78.5. The molecule has 0 saturated carbocycles. The number of amides is 1. The van der Waals surface area contributed by atoms with Crippen molar-refractivity contribution in [3.8, 4) is 0 Å². The third kappa shape index (κ3) is 32.0. The Labute approximate surface area is 518 Å². The quantitative estimate of drug-likeness (QED) is 0.0200. The van der Waals surface area contributed by atoms with Gasteiger partial charge in [-0.05, 0) is 44.9 Å². The number of rotatable bonds is 53. The van der Waals surface area contributed by atoms with Gasteiger partial charge in [0.15, 0.2) is 18.9 Å². The standard InChI is InChI=1S/C67H125NO18/c1-3-5-7-9-11-13-15-17-19-21-23-24-25-26-27-29-31-33-35-37-39-41-43-45-55(73)68-50(51(72)44-42-40-38-36-34-32-30-28-22-20-18-16-14-12-10-8-6-4-2)49-81-65-61(79)58(76)63(53(47-70)83-65)86-67-62(80)59(77)64(54(48-71)84-67)85-66-60(78)57(75)56(74)52(46-69)82-66/h21,23,42,44,50-54,56-67,69-72,74-80H,3-20,22,24-41,43,45-49H2,1-2H3,(H,68,73)/b23-21-,44-42+. The Kier molecular flexibility index (Phi) is 45.6. The number of unbranched alkanes of at least 4 members (excludes halogenated alkanes) is 35. The van der Waals surface area contributed by atoms with Crippen molar-refractivity contribution in [3.63, 3.8) is 0 Å². The summed E-state index contributed by atoms with van der Waals surface area (Å²) in [5, 5.41) is 120. The number of nitrogens with one attached hydrogen (secondary N) is 1. The zero-order valence-corrected chi connectivity index (χ0v) is 53.3. The summed E-state index contributed by atoms with van der Waals surface area (Å²) in [6.07, 6.45) is 28.6. The molecule has 0 aromatic carbocycles. The molecular formula is C67H125NO18. The van der Waals surface area contributed by atoms with Crippen LogP contribution in [0.15, 0.2) is 24.3 Å². The summed E-state index contributed by atoms with van der Waals surface area (Å²) in [5.41, 5.74) is 0. The summed E-state index contributed by atoms with van der Waals surface area (Å²) in [6.45, 7) is 1.76. The van der Waals surface area contributed by atoms with Crippen LogP contribution < -0.4 is 5.32 Å². The SMILES string of the molecule is CCCCCCCCCC/C=C\CCCCCCCCCCCCCC(=O)NC(COC1OC(CO)C(OC2OC(CO)C(OC3OC(CO)C(O)C(O)C3O)C(O)C2O)C(O)C1O)C(O)/C=C/CCCCCCCCCCCCCCCCCC. The van der Waals surface area contributed by atoms with Crippen LogP contribution in [0.3, 0.4) is 0 Å². The van der Waals surface area contributed by atoms with Crippen molar-refractivity contribution in [2.75, 3.05) is 26.4 Å². The van der Waals surface area contributed by atoms with Crippen molar-refractivity contribution in [1.29, 1.82) is 0 Å². The molecule has 3 aliphatic rings. The second kappa shape index (κ2) is 49.9. The molecule has 506 valence electrons. The number of hydrogen-bond acceptors (Lipinski definition) is 18. The molecule has 0 bridgehead atoms. The molecule has 3 heterocycles. The Hall–Kier alpha value is -1.73. The Morgan fingerprint density at radius 2 is 0.733 bits per heavy atom. The van der Waals surface area contributed by atoms with Gasteiger partial charge in [0.25, 0.3) is 0 Å². The molecule has 17 atom stereocenters. The maximum absolute atomic E-state index is 13.4. The summed E-state index contributed by atoms with van der Waals surface area (Å²) in [6, 6.07) is -0.971. The fraction of sp³-hybridized carbons (Fsp3) is 0.925. The lowest BCUT2D eigenvalue weighted by Crippen LogP contribution is -2.66. The summed E-state index contributed by atoms with van der Waals surface area (Å²) in [7, 11) is 0. The molecule has 19 heteroatoms. The van der Waals surface area contributed by atoms with Crippen molar-refractivity contribution >= 4 is 5.91 Å². The molecule has 0 aromatic heterocycles. The van der Waals surface area contributed by atoms with Gasteiger partial charge in [-0.3, -0.25) is 4.79 Å². The molecule has 19 nitrogen and oxygen atoms in total. The van der Waals surface area contributed by atoms with Gasteiger partial charge in [0.05, 0.1) is 38.6 Å². The Bertz CT molecular complexity index is 1660.